The molecule has 0 saturated heterocycles. The topological polar surface area (TPSA) is 125 Å². The number of benzene rings is 3. The number of nitrogens with zero attached hydrogens (tertiary/aromatic N) is 2. The number of aryl methyl sites for hydroxylation is 1. The zero-order chi connectivity index (χ0) is 32.8. The van der Waals surface area contributed by atoms with E-state index in [9.17, 15) is 19.5 Å². The zero-order valence-electron chi connectivity index (χ0n) is 25.6. The molecule has 0 bridgehead atoms. The summed E-state index contributed by atoms with van der Waals surface area (Å²) in [4.78, 5) is 39.9. The Bertz CT molecular complexity index is 1830. The molecule has 5 rings (SSSR count). The number of fused-ring (bicyclic) bond motifs is 1. The Morgan fingerprint density at radius 2 is 1.65 bits per heavy atom. The fourth-order valence-electron chi connectivity index (χ4n) is 4.85. The molecule has 0 fully saturated rings. The first-order valence-electron chi connectivity index (χ1n) is 14.7. The zero-order valence-corrected chi connectivity index (χ0v) is 27.2. The quantitative estimate of drug-likeness (QED) is 0.108. The lowest BCUT2D eigenvalue weighted by Gasteiger charge is -2.19. The molecule has 0 aliphatic heterocycles. The third-order valence-corrected chi connectivity index (χ3v) is 8.53. The third kappa shape index (κ3) is 8.23. The molecular weight excluding hydrogens is 626 g/mol. The molecule has 0 radical (unpaired) electrons. The lowest BCUT2D eigenvalue weighted by Crippen LogP contribution is -2.50. The molecule has 0 aliphatic rings. The number of phenolic OH excluding ortho intramolecular Hbond substituents is 1. The number of imidazole rings is 1. The molecule has 10 nitrogen and oxygen atoms in total. The van der Waals surface area contributed by atoms with Crippen molar-refractivity contribution in [1.82, 2.24) is 15.0 Å². The maximum atomic E-state index is 13.6. The van der Waals surface area contributed by atoms with Gasteiger partial charge in [0.25, 0.3) is 0 Å². The minimum atomic E-state index is -0.931. The SMILES string of the molecule is Cc1csc2n1cc(CNC(=O)[C@H](Cc1ccc(O)cc1)NC(=O)Nc1ccc(C(=O)OC(C)C)cc1)[n+]2Cc1ccc(Cl)cc1. The molecular formula is C34H35ClN5O5S+. The van der Waals surface area contributed by atoms with Gasteiger partial charge < -0.3 is 25.8 Å². The van der Waals surface area contributed by atoms with E-state index in [1.165, 1.54) is 12.1 Å². The van der Waals surface area contributed by atoms with Crippen molar-refractivity contribution in [1.29, 1.82) is 0 Å². The number of hydrogen-bond donors (Lipinski definition) is 4. The summed E-state index contributed by atoms with van der Waals surface area (Å²) in [6.07, 6.45) is 1.95. The molecule has 2 heterocycles. The van der Waals surface area contributed by atoms with Gasteiger partial charge in [-0.1, -0.05) is 47.2 Å². The van der Waals surface area contributed by atoms with Gasteiger partial charge in [0, 0.05) is 22.5 Å². The van der Waals surface area contributed by atoms with E-state index in [-0.39, 0.29) is 30.7 Å². The summed E-state index contributed by atoms with van der Waals surface area (Å²) in [5, 5.41) is 21.0. The molecule has 0 unspecified atom stereocenters. The van der Waals surface area contributed by atoms with E-state index in [1.807, 2.05) is 37.4 Å². The number of esters is 1. The van der Waals surface area contributed by atoms with Gasteiger partial charge >= 0.3 is 17.0 Å². The van der Waals surface area contributed by atoms with E-state index in [0.29, 0.717) is 22.8 Å². The Labute approximate surface area is 275 Å². The van der Waals surface area contributed by atoms with Crippen LogP contribution in [0, 0.1) is 6.92 Å². The van der Waals surface area contributed by atoms with Gasteiger partial charge in [0.2, 0.25) is 5.91 Å². The summed E-state index contributed by atoms with van der Waals surface area (Å²) in [5.74, 6) is -0.728. The van der Waals surface area contributed by atoms with Crippen molar-refractivity contribution in [3.63, 3.8) is 0 Å². The molecule has 4 N–H and O–H groups in total. The lowest BCUT2D eigenvalue weighted by atomic mass is 10.0. The van der Waals surface area contributed by atoms with Gasteiger partial charge in [-0.05, 0) is 80.4 Å². The van der Waals surface area contributed by atoms with Crippen LogP contribution >= 0.6 is 22.9 Å². The monoisotopic (exact) mass is 660 g/mol. The molecule has 2 aromatic heterocycles. The number of aromatic nitrogens is 2. The van der Waals surface area contributed by atoms with Gasteiger partial charge in [0.05, 0.1) is 18.2 Å². The fourth-order valence-corrected chi connectivity index (χ4v) is 5.99. The molecule has 238 valence electrons. The van der Waals surface area contributed by atoms with E-state index < -0.39 is 18.0 Å². The van der Waals surface area contributed by atoms with Crippen LogP contribution < -0.4 is 20.5 Å². The van der Waals surface area contributed by atoms with E-state index in [2.05, 4.69) is 30.3 Å². The number of halogens is 1. The number of aromatic hydroxyl groups is 1. The van der Waals surface area contributed by atoms with Crippen LogP contribution in [0.5, 0.6) is 5.75 Å². The van der Waals surface area contributed by atoms with Crippen molar-refractivity contribution in [2.24, 2.45) is 0 Å². The maximum absolute atomic E-state index is 13.6. The Kier molecular flexibility index (Phi) is 10.2. The number of anilines is 1. The van der Waals surface area contributed by atoms with Gasteiger partial charge in [-0.25, -0.2) is 14.2 Å². The normalized spacial score (nSPS) is 11.8. The molecule has 5 aromatic rings. The van der Waals surface area contributed by atoms with Crippen molar-refractivity contribution in [3.8, 4) is 5.75 Å². The fraction of sp³-hybridized carbons (Fsp3) is 0.235. The number of urea groups is 1. The minimum Gasteiger partial charge on any atom is -0.508 e. The number of rotatable bonds is 11. The summed E-state index contributed by atoms with van der Waals surface area (Å²) in [6.45, 7) is 6.38. The highest BCUT2D eigenvalue weighted by atomic mass is 35.5. The van der Waals surface area contributed by atoms with E-state index in [4.69, 9.17) is 16.3 Å². The smallest absolute Gasteiger partial charge is 0.346 e. The number of thiazole rings is 1. The summed E-state index contributed by atoms with van der Waals surface area (Å²) >= 11 is 7.71. The Morgan fingerprint density at radius 3 is 2.33 bits per heavy atom. The first-order chi connectivity index (χ1) is 22.0. The van der Waals surface area contributed by atoms with Gasteiger partial charge in [-0.2, -0.15) is 4.40 Å². The van der Waals surface area contributed by atoms with E-state index in [1.54, 1.807) is 61.6 Å². The van der Waals surface area contributed by atoms with Crippen LogP contribution in [0.15, 0.2) is 84.4 Å². The summed E-state index contributed by atoms with van der Waals surface area (Å²) in [7, 11) is 0. The second-order valence-electron chi connectivity index (χ2n) is 11.1. The largest absolute Gasteiger partial charge is 0.508 e. The highest BCUT2D eigenvalue weighted by molar-refractivity contribution is 7.14. The molecule has 3 aromatic carbocycles. The number of amides is 3. The average molecular weight is 661 g/mol. The number of hydrogen-bond acceptors (Lipinski definition) is 6. The Morgan fingerprint density at radius 1 is 0.978 bits per heavy atom. The van der Waals surface area contributed by atoms with Gasteiger partial charge in [-0.3, -0.25) is 4.79 Å². The summed E-state index contributed by atoms with van der Waals surface area (Å²) in [6, 6.07) is 18.9. The minimum absolute atomic E-state index is 0.102. The van der Waals surface area contributed by atoms with Crippen LogP contribution in [-0.2, 0) is 29.0 Å². The van der Waals surface area contributed by atoms with Crippen LogP contribution in [0.3, 0.4) is 0 Å². The van der Waals surface area contributed by atoms with Gasteiger partial charge in [-0.15, -0.1) is 0 Å². The number of nitrogens with one attached hydrogen (secondary N) is 3. The molecule has 1 atom stereocenters. The van der Waals surface area contributed by atoms with Crippen LogP contribution in [0.1, 0.15) is 46.7 Å². The third-order valence-electron chi connectivity index (χ3n) is 7.19. The number of carbonyl (C=O) groups excluding carboxylic acids is 3. The molecule has 46 heavy (non-hydrogen) atoms. The van der Waals surface area contributed by atoms with E-state index in [0.717, 1.165) is 27.5 Å². The van der Waals surface area contributed by atoms with Crippen molar-refractivity contribution in [2.75, 3.05) is 5.32 Å². The molecule has 0 saturated carbocycles. The number of phenols is 1. The second kappa shape index (κ2) is 14.5. The van der Waals surface area contributed by atoms with Gasteiger partial charge in [0.1, 0.15) is 30.2 Å². The summed E-state index contributed by atoms with van der Waals surface area (Å²) in [5.41, 5.74) is 4.59. The van der Waals surface area contributed by atoms with Crippen molar-refractivity contribution >= 4 is 51.5 Å². The average Bonchev–Trinajstić information content (AvgIpc) is 3.56. The van der Waals surface area contributed by atoms with Crippen LogP contribution in [0.2, 0.25) is 5.02 Å². The molecule has 0 spiro atoms. The van der Waals surface area contributed by atoms with Crippen molar-refractivity contribution in [2.45, 2.75) is 52.4 Å². The van der Waals surface area contributed by atoms with Crippen molar-refractivity contribution < 1.29 is 28.8 Å². The maximum Gasteiger partial charge on any atom is 0.346 e. The van der Waals surface area contributed by atoms with Crippen LogP contribution in [0.25, 0.3) is 4.96 Å². The van der Waals surface area contributed by atoms with E-state index >= 15 is 0 Å². The number of carbonyl (C=O) groups is 3. The van der Waals surface area contributed by atoms with Crippen LogP contribution in [0.4, 0.5) is 10.5 Å². The molecule has 3 amide bonds. The lowest BCUT2D eigenvalue weighted by molar-refractivity contribution is -0.667. The predicted molar refractivity (Wildman–Crippen MR) is 177 cm³/mol. The summed E-state index contributed by atoms with van der Waals surface area (Å²) < 4.78 is 9.45. The molecule has 12 heteroatoms. The standard InChI is InChI=1S/C34H34ClN5O5S/c1-21(2)45-32(43)25-8-12-27(13-9-25)37-33(44)38-30(16-23-6-14-29(41)15-7-23)31(42)36-17-28-19-39-22(3)20-46-34(39)40(28)18-24-4-10-26(35)11-5-24/h4-15,19-21,30H,16-18H2,1-3H3,(H3-,36,37,38,41,42,43,44)/p+1/t30-/m0/s1. The predicted octanol–water partition coefficient (Wildman–Crippen LogP) is 5.62. The van der Waals surface area contributed by atoms with Crippen molar-refractivity contribution in [3.05, 3.63) is 117 Å². The highest BCUT2D eigenvalue weighted by Gasteiger charge is 2.25. The Hall–Kier alpha value is -4.87. The van der Waals surface area contributed by atoms with Crippen LogP contribution in [-0.4, -0.2) is 39.6 Å². The molecule has 0 aliphatic carbocycles. The van der Waals surface area contributed by atoms with Gasteiger partial charge in [0.15, 0.2) is 5.69 Å². The Balaban J connectivity index is 1.30. The second-order valence-corrected chi connectivity index (χ2v) is 12.4. The first-order valence-corrected chi connectivity index (χ1v) is 16.0. The highest BCUT2D eigenvalue weighted by Crippen LogP contribution is 2.18. The first kappa shape index (κ1) is 32.5. The number of ether oxygens (including phenoxy) is 1.